The van der Waals surface area contributed by atoms with E-state index in [0.29, 0.717) is 31.7 Å². The van der Waals surface area contributed by atoms with E-state index >= 15 is 0 Å². The first-order chi connectivity index (χ1) is 9.45. The lowest BCUT2D eigenvalue weighted by Gasteiger charge is -2.34. The number of carbonyl (C=O) groups is 1. The van der Waals surface area contributed by atoms with Crippen molar-refractivity contribution in [3.05, 3.63) is 28.5 Å². The Hall–Kier alpha value is -1.05. The molecule has 1 aromatic rings. The van der Waals surface area contributed by atoms with Gasteiger partial charge < -0.3 is 15.8 Å². The quantitative estimate of drug-likeness (QED) is 0.813. The standard InChI is InChI=1S/C13H14BrFN2O2S/c14-9-7-8(1-2-10(9)15)17-12(18)13(11(16)20)3-5-19-6-4-13/h1-2,7H,3-6H2,(H2,16,20)(H,17,18). The van der Waals surface area contributed by atoms with Gasteiger partial charge in [0.05, 0.1) is 9.46 Å². The molecule has 0 bridgehead atoms. The van der Waals surface area contributed by atoms with Crippen LogP contribution >= 0.6 is 28.1 Å². The summed E-state index contributed by atoms with van der Waals surface area (Å²) in [5.41, 5.74) is 5.35. The van der Waals surface area contributed by atoms with Gasteiger partial charge in [-0.2, -0.15) is 0 Å². The molecule has 0 spiro atoms. The van der Waals surface area contributed by atoms with Crippen LogP contribution in [0, 0.1) is 11.2 Å². The number of halogens is 2. The fourth-order valence-corrected chi connectivity index (χ4v) is 2.81. The first-order valence-electron chi connectivity index (χ1n) is 6.10. The maximum Gasteiger partial charge on any atom is 0.237 e. The third-order valence-corrected chi connectivity index (χ3v) is 4.43. The summed E-state index contributed by atoms with van der Waals surface area (Å²) in [5.74, 6) is -0.662. The summed E-state index contributed by atoms with van der Waals surface area (Å²) in [5, 5.41) is 2.74. The van der Waals surface area contributed by atoms with E-state index in [2.05, 4.69) is 21.2 Å². The maximum atomic E-state index is 13.2. The van der Waals surface area contributed by atoms with Crippen LogP contribution in [-0.2, 0) is 9.53 Å². The number of thiocarbonyl (C=S) groups is 1. The predicted molar refractivity (Wildman–Crippen MR) is 82.0 cm³/mol. The molecule has 2 rings (SSSR count). The van der Waals surface area contributed by atoms with Gasteiger partial charge in [0.15, 0.2) is 0 Å². The molecule has 1 aromatic carbocycles. The van der Waals surface area contributed by atoms with Gasteiger partial charge in [-0.1, -0.05) is 12.2 Å². The van der Waals surface area contributed by atoms with E-state index in [0.717, 1.165) is 0 Å². The number of nitrogens with one attached hydrogen (secondary N) is 1. The van der Waals surface area contributed by atoms with E-state index in [9.17, 15) is 9.18 Å². The van der Waals surface area contributed by atoms with Gasteiger partial charge in [0.25, 0.3) is 0 Å². The highest BCUT2D eigenvalue weighted by atomic mass is 79.9. The van der Waals surface area contributed by atoms with Crippen LogP contribution < -0.4 is 11.1 Å². The van der Waals surface area contributed by atoms with Gasteiger partial charge in [-0.3, -0.25) is 4.79 Å². The van der Waals surface area contributed by atoms with E-state index in [-0.39, 0.29) is 15.4 Å². The van der Waals surface area contributed by atoms with E-state index in [4.69, 9.17) is 22.7 Å². The van der Waals surface area contributed by atoms with Crippen LogP contribution in [0.15, 0.2) is 22.7 Å². The molecule has 0 saturated carbocycles. The lowest BCUT2D eigenvalue weighted by atomic mass is 9.79. The smallest absolute Gasteiger partial charge is 0.237 e. The van der Waals surface area contributed by atoms with Crippen molar-refractivity contribution in [1.82, 2.24) is 0 Å². The molecule has 1 aliphatic rings. The zero-order valence-electron chi connectivity index (χ0n) is 10.6. The average molecular weight is 361 g/mol. The molecule has 0 aromatic heterocycles. The number of anilines is 1. The number of amides is 1. The van der Waals surface area contributed by atoms with Crippen LogP contribution in [-0.4, -0.2) is 24.1 Å². The molecule has 7 heteroatoms. The molecule has 0 aliphatic carbocycles. The monoisotopic (exact) mass is 360 g/mol. The fraction of sp³-hybridized carbons (Fsp3) is 0.385. The minimum atomic E-state index is -0.894. The second-order valence-corrected chi connectivity index (χ2v) is 5.94. The summed E-state index contributed by atoms with van der Waals surface area (Å²) in [6.07, 6.45) is 0.910. The molecule has 1 heterocycles. The van der Waals surface area contributed by atoms with Crippen LogP contribution in [0.25, 0.3) is 0 Å². The summed E-state index contributed by atoms with van der Waals surface area (Å²) in [6.45, 7) is 0.885. The highest BCUT2D eigenvalue weighted by molar-refractivity contribution is 9.10. The highest BCUT2D eigenvalue weighted by Crippen LogP contribution is 2.33. The van der Waals surface area contributed by atoms with Crippen molar-refractivity contribution >= 4 is 44.7 Å². The Kier molecular flexibility index (Phi) is 4.72. The van der Waals surface area contributed by atoms with Crippen molar-refractivity contribution < 1.29 is 13.9 Å². The van der Waals surface area contributed by atoms with Crippen LogP contribution in [0.4, 0.5) is 10.1 Å². The largest absolute Gasteiger partial charge is 0.392 e. The topological polar surface area (TPSA) is 64.4 Å². The van der Waals surface area contributed by atoms with Gasteiger partial charge >= 0.3 is 0 Å². The number of hydrogen-bond donors (Lipinski definition) is 2. The van der Waals surface area contributed by atoms with Crippen molar-refractivity contribution in [1.29, 1.82) is 0 Å². The minimum Gasteiger partial charge on any atom is -0.392 e. The van der Waals surface area contributed by atoms with Gasteiger partial charge in [-0.25, -0.2) is 4.39 Å². The second kappa shape index (κ2) is 6.15. The van der Waals surface area contributed by atoms with Gasteiger partial charge in [-0.15, -0.1) is 0 Å². The Balaban J connectivity index is 2.20. The van der Waals surface area contributed by atoms with E-state index in [1.54, 1.807) is 0 Å². The van der Waals surface area contributed by atoms with Crippen molar-refractivity contribution in [3.63, 3.8) is 0 Å². The summed E-state index contributed by atoms with van der Waals surface area (Å²) in [4.78, 5) is 12.7. The number of rotatable bonds is 3. The lowest BCUT2D eigenvalue weighted by Crippen LogP contribution is -2.49. The number of nitrogens with two attached hydrogens (primary N) is 1. The fourth-order valence-electron chi connectivity index (χ4n) is 2.13. The van der Waals surface area contributed by atoms with E-state index < -0.39 is 11.2 Å². The lowest BCUT2D eigenvalue weighted by molar-refractivity contribution is -0.126. The number of benzene rings is 1. The van der Waals surface area contributed by atoms with Crippen molar-refractivity contribution in [2.75, 3.05) is 18.5 Å². The third-order valence-electron chi connectivity index (χ3n) is 3.43. The van der Waals surface area contributed by atoms with Crippen LogP contribution in [0.5, 0.6) is 0 Å². The van der Waals surface area contributed by atoms with Crippen molar-refractivity contribution in [3.8, 4) is 0 Å². The maximum absolute atomic E-state index is 13.2. The van der Waals surface area contributed by atoms with Crippen LogP contribution in [0.2, 0.25) is 0 Å². The Bertz CT molecular complexity index is 547. The number of hydrogen-bond acceptors (Lipinski definition) is 3. The molecule has 0 unspecified atom stereocenters. The first-order valence-corrected chi connectivity index (χ1v) is 7.30. The molecule has 1 aliphatic heterocycles. The zero-order chi connectivity index (χ0) is 14.8. The highest BCUT2D eigenvalue weighted by Gasteiger charge is 2.43. The molecular formula is C13H14BrFN2O2S. The molecule has 0 radical (unpaired) electrons. The van der Waals surface area contributed by atoms with E-state index in [1.165, 1.54) is 18.2 Å². The predicted octanol–water partition coefficient (Wildman–Crippen LogP) is 2.61. The first kappa shape index (κ1) is 15.3. The summed E-state index contributed by atoms with van der Waals surface area (Å²) in [6, 6.07) is 4.27. The second-order valence-electron chi connectivity index (χ2n) is 4.64. The third kappa shape index (κ3) is 2.99. The number of carbonyl (C=O) groups excluding carboxylic acids is 1. The molecule has 1 fully saturated rings. The Morgan fingerprint density at radius 1 is 1.45 bits per heavy atom. The molecule has 108 valence electrons. The van der Waals surface area contributed by atoms with E-state index in [1.807, 2.05) is 0 Å². The minimum absolute atomic E-state index is 0.166. The molecule has 20 heavy (non-hydrogen) atoms. The summed E-state index contributed by atoms with van der Waals surface area (Å²) < 4.78 is 18.7. The Morgan fingerprint density at radius 3 is 2.65 bits per heavy atom. The molecule has 0 atom stereocenters. The van der Waals surface area contributed by atoms with Crippen molar-refractivity contribution in [2.24, 2.45) is 11.1 Å². The Labute approximate surface area is 130 Å². The molecule has 3 N–H and O–H groups in total. The molecule has 1 amide bonds. The zero-order valence-corrected chi connectivity index (χ0v) is 13.0. The Morgan fingerprint density at radius 2 is 2.10 bits per heavy atom. The van der Waals surface area contributed by atoms with Gasteiger partial charge in [0.1, 0.15) is 11.2 Å². The van der Waals surface area contributed by atoms with Crippen LogP contribution in [0.1, 0.15) is 12.8 Å². The molecular weight excluding hydrogens is 347 g/mol. The summed E-state index contributed by atoms with van der Waals surface area (Å²) >= 11 is 8.14. The van der Waals surface area contributed by atoms with Crippen LogP contribution in [0.3, 0.4) is 0 Å². The van der Waals surface area contributed by atoms with Gasteiger partial charge in [0, 0.05) is 18.9 Å². The summed E-state index contributed by atoms with van der Waals surface area (Å²) in [7, 11) is 0. The molecule has 4 nitrogen and oxygen atoms in total. The molecule has 1 saturated heterocycles. The van der Waals surface area contributed by atoms with Gasteiger partial charge in [0.2, 0.25) is 5.91 Å². The van der Waals surface area contributed by atoms with Crippen molar-refractivity contribution in [2.45, 2.75) is 12.8 Å². The van der Waals surface area contributed by atoms with Gasteiger partial charge in [-0.05, 0) is 47.0 Å². The SMILES string of the molecule is NC(=S)C1(C(=O)Nc2ccc(F)c(Br)c2)CCOCC1. The normalized spacial score (nSPS) is 17.5. The number of ether oxygens (including phenoxy) is 1. The average Bonchev–Trinajstić information content (AvgIpc) is 2.43.